The molecule has 4 rings (SSSR count). The summed E-state index contributed by atoms with van der Waals surface area (Å²) in [5.41, 5.74) is 17.4. The third-order valence-electron chi connectivity index (χ3n) is 3.92. The van der Waals surface area contributed by atoms with Crippen LogP contribution in [0.4, 0.5) is 16.2 Å². The van der Waals surface area contributed by atoms with Crippen LogP contribution in [-0.2, 0) is 40.8 Å². The predicted octanol–water partition coefficient (Wildman–Crippen LogP) is 3.02. The Morgan fingerprint density at radius 3 is 1.19 bits per heavy atom. The Morgan fingerprint density at radius 1 is 0.594 bits per heavy atom. The summed E-state index contributed by atoms with van der Waals surface area (Å²) >= 11 is 0. The average molecular weight is 609 g/mol. The molecule has 0 spiro atoms. The second-order valence-corrected chi connectivity index (χ2v) is 5.98. The Labute approximate surface area is 215 Å². The van der Waals surface area contributed by atoms with E-state index in [0.29, 0.717) is 0 Å². The molecule has 4 aromatic carbocycles. The van der Waals surface area contributed by atoms with Crippen molar-refractivity contribution in [3.8, 4) is 22.3 Å². The van der Waals surface area contributed by atoms with Crippen molar-refractivity contribution < 1.29 is 55.9 Å². The zero-order valence-electron chi connectivity index (χ0n) is 16.7. The minimum absolute atomic E-state index is 0. The maximum atomic E-state index is 8.33. The van der Waals surface area contributed by atoms with Crippen LogP contribution >= 0.6 is 0 Å². The molecule has 168 valence electrons. The maximum absolute atomic E-state index is 8.33. The van der Waals surface area contributed by atoms with Crippen LogP contribution < -0.4 is 21.7 Å². The first-order valence-electron chi connectivity index (χ1n) is 9.00. The SMILES string of the molecule is Nc1ccccc1-c1[c-]cccc1.Nc1ccccc1-c1[c-]cccc1.O=C([O-])[O-].[Pd+2].[Pd+2]. The molecule has 0 bridgehead atoms. The summed E-state index contributed by atoms with van der Waals surface area (Å²) in [6.45, 7) is 0. The zero-order chi connectivity index (χ0) is 21.8. The molecule has 0 atom stereocenters. The average Bonchev–Trinajstić information content (AvgIpc) is 2.76. The minimum Gasteiger partial charge on any atom is -0.652 e. The van der Waals surface area contributed by atoms with E-state index in [1.165, 1.54) is 0 Å². The number of carboxylic acid groups (broad SMARTS) is 2. The number of carbonyl (C=O) groups is 1. The fourth-order valence-electron chi connectivity index (χ4n) is 2.61. The minimum atomic E-state index is -2.33. The van der Waals surface area contributed by atoms with Crippen molar-refractivity contribution in [1.82, 2.24) is 0 Å². The summed E-state index contributed by atoms with van der Waals surface area (Å²) < 4.78 is 0. The van der Waals surface area contributed by atoms with Gasteiger partial charge in [-0.05, 0) is 29.7 Å². The molecule has 0 aliphatic heterocycles. The molecule has 0 saturated carbocycles. The second kappa shape index (κ2) is 15.8. The van der Waals surface area contributed by atoms with Crippen LogP contribution in [0.3, 0.4) is 0 Å². The number of carbonyl (C=O) groups excluding carboxylic acids is 1. The predicted molar refractivity (Wildman–Crippen MR) is 116 cm³/mol. The number of rotatable bonds is 2. The van der Waals surface area contributed by atoms with Crippen molar-refractivity contribution in [2.24, 2.45) is 0 Å². The third-order valence-corrected chi connectivity index (χ3v) is 3.92. The molecule has 0 fully saturated rings. The van der Waals surface area contributed by atoms with Crippen LogP contribution in [0.25, 0.3) is 22.3 Å². The zero-order valence-corrected chi connectivity index (χ0v) is 19.9. The van der Waals surface area contributed by atoms with Gasteiger partial charge in [0.05, 0.1) is 0 Å². The third kappa shape index (κ3) is 9.92. The second-order valence-electron chi connectivity index (χ2n) is 5.98. The van der Waals surface area contributed by atoms with Gasteiger partial charge in [-0.25, -0.2) is 0 Å². The smallest absolute Gasteiger partial charge is 0.652 e. The summed E-state index contributed by atoms with van der Waals surface area (Å²) in [7, 11) is 0. The van der Waals surface area contributed by atoms with Crippen LogP contribution in [0, 0.1) is 12.1 Å². The maximum Gasteiger partial charge on any atom is 2.00 e. The molecule has 4 N–H and O–H groups in total. The Kier molecular flexibility index (Phi) is 14.4. The molecular weight excluding hydrogens is 589 g/mol. The fraction of sp³-hybridized carbons (Fsp3) is 0. The van der Waals surface area contributed by atoms with Crippen molar-refractivity contribution in [3.63, 3.8) is 0 Å². The molecule has 0 radical (unpaired) electrons. The molecule has 0 aromatic heterocycles. The molecule has 0 aliphatic carbocycles. The standard InChI is InChI=1S/2C12H10N.CH2O3.2Pd/c2*13-12-9-5-4-8-11(12)10-6-2-1-3-7-10;2-1(3)4;;/h2*1-6,8-9H,13H2;(H2,2,3,4);;/q2*-1;;2*+2/p-2. The first-order chi connectivity index (χ1) is 14.5. The largest absolute Gasteiger partial charge is 2.00 e. The normalized spacial score (nSPS) is 8.75. The summed E-state index contributed by atoms with van der Waals surface area (Å²) in [6.07, 6.45) is -2.33. The Hall–Kier alpha value is -2.93. The van der Waals surface area contributed by atoms with E-state index in [2.05, 4.69) is 12.1 Å². The summed E-state index contributed by atoms with van der Waals surface area (Å²) in [5.74, 6) is 0. The van der Waals surface area contributed by atoms with Gasteiger partial charge in [-0.2, -0.15) is 0 Å². The molecule has 0 saturated heterocycles. The van der Waals surface area contributed by atoms with Crippen molar-refractivity contribution in [2.45, 2.75) is 0 Å². The molecule has 32 heavy (non-hydrogen) atoms. The van der Waals surface area contributed by atoms with Gasteiger partial charge < -0.3 is 26.5 Å². The van der Waals surface area contributed by atoms with Crippen LogP contribution in [0.2, 0.25) is 0 Å². The van der Waals surface area contributed by atoms with Gasteiger partial charge in [-0.15, -0.1) is 71.8 Å². The van der Waals surface area contributed by atoms with E-state index < -0.39 is 6.16 Å². The van der Waals surface area contributed by atoms with Crippen LogP contribution in [-0.4, -0.2) is 6.16 Å². The van der Waals surface area contributed by atoms with Gasteiger partial charge in [0.2, 0.25) is 0 Å². The van der Waals surface area contributed by atoms with E-state index in [1.807, 2.05) is 97.1 Å². The van der Waals surface area contributed by atoms with Gasteiger partial charge in [0.15, 0.2) is 0 Å². The van der Waals surface area contributed by atoms with Gasteiger partial charge >= 0.3 is 40.8 Å². The number of para-hydroxylation sites is 2. The number of hydrogen-bond acceptors (Lipinski definition) is 5. The number of anilines is 2. The summed E-state index contributed by atoms with van der Waals surface area (Å²) in [6, 6.07) is 37.6. The molecule has 0 amide bonds. The van der Waals surface area contributed by atoms with E-state index in [0.717, 1.165) is 33.6 Å². The molecule has 0 unspecified atom stereocenters. The number of benzene rings is 4. The topological polar surface area (TPSA) is 115 Å². The van der Waals surface area contributed by atoms with E-state index in [-0.39, 0.29) is 40.8 Å². The molecule has 4 aromatic rings. The number of nitrogen functional groups attached to an aromatic ring is 2. The van der Waals surface area contributed by atoms with Gasteiger partial charge in [0.25, 0.3) is 0 Å². The van der Waals surface area contributed by atoms with Gasteiger partial charge in [-0.1, -0.05) is 47.5 Å². The molecule has 0 aliphatic rings. The number of nitrogens with two attached hydrogens (primary N) is 2. The first-order valence-corrected chi connectivity index (χ1v) is 9.00. The van der Waals surface area contributed by atoms with Gasteiger partial charge in [0, 0.05) is 0 Å². The first kappa shape index (κ1) is 29.1. The number of hydrogen-bond donors (Lipinski definition) is 2. The Balaban J connectivity index is 0.000000490. The molecule has 0 heterocycles. The van der Waals surface area contributed by atoms with E-state index in [9.17, 15) is 0 Å². The van der Waals surface area contributed by atoms with Crippen LogP contribution in [0.1, 0.15) is 0 Å². The fourth-order valence-corrected chi connectivity index (χ4v) is 2.61. The molecule has 5 nitrogen and oxygen atoms in total. The van der Waals surface area contributed by atoms with E-state index in [1.54, 1.807) is 0 Å². The monoisotopic (exact) mass is 608 g/mol. The van der Waals surface area contributed by atoms with Gasteiger partial charge in [0.1, 0.15) is 0 Å². The molecule has 7 heteroatoms. The Bertz CT molecular complexity index is 978. The van der Waals surface area contributed by atoms with Crippen molar-refractivity contribution in [1.29, 1.82) is 0 Å². The summed E-state index contributed by atoms with van der Waals surface area (Å²) in [5, 5.41) is 16.7. The summed E-state index contributed by atoms with van der Waals surface area (Å²) in [4.78, 5) is 8.33. The van der Waals surface area contributed by atoms with Crippen LogP contribution in [0.15, 0.2) is 97.1 Å². The molecular formula is C25H20N2O3Pd2. The van der Waals surface area contributed by atoms with Crippen molar-refractivity contribution in [3.05, 3.63) is 109 Å². The van der Waals surface area contributed by atoms with Gasteiger partial charge in [-0.3, -0.25) is 0 Å². The van der Waals surface area contributed by atoms with Crippen molar-refractivity contribution in [2.75, 3.05) is 11.5 Å². The quantitative estimate of drug-likeness (QED) is 0.206. The van der Waals surface area contributed by atoms with Crippen molar-refractivity contribution >= 4 is 17.5 Å². The van der Waals surface area contributed by atoms with Crippen LogP contribution in [0.5, 0.6) is 0 Å². The van der Waals surface area contributed by atoms with E-state index >= 15 is 0 Å². The Morgan fingerprint density at radius 2 is 0.906 bits per heavy atom. The van der Waals surface area contributed by atoms with E-state index in [4.69, 9.17) is 26.5 Å².